The Hall–Kier alpha value is -3.77. The third kappa shape index (κ3) is 6.56. The summed E-state index contributed by atoms with van der Waals surface area (Å²) < 4.78 is 78.4. The van der Waals surface area contributed by atoms with Crippen molar-refractivity contribution >= 4 is 39.4 Å². The molecule has 0 aromatic heterocycles. The van der Waals surface area contributed by atoms with E-state index in [2.05, 4.69) is 10.5 Å². The van der Waals surface area contributed by atoms with Crippen molar-refractivity contribution in [1.29, 1.82) is 0 Å². The Morgan fingerprint density at radius 3 is 2.37 bits per heavy atom. The number of carbonyl (C=O) groups is 1. The van der Waals surface area contributed by atoms with Crippen molar-refractivity contribution in [2.75, 3.05) is 25.1 Å². The Bertz CT molecular complexity index is 1450. The van der Waals surface area contributed by atoms with Gasteiger partial charge in [-0.1, -0.05) is 35.4 Å². The second-order valence-electron chi connectivity index (χ2n) is 7.86. The summed E-state index contributed by atoms with van der Waals surface area (Å²) in [5.41, 5.74) is 1.75. The fourth-order valence-corrected chi connectivity index (χ4v) is 5.03. The second-order valence-corrected chi connectivity index (χ2v) is 10.1. The monoisotopic (exact) mass is 569 g/mol. The summed E-state index contributed by atoms with van der Waals surface area (Å²) in [4.78, 5) is 12.5. The lowest BCUT2D eigenvalue weighted by molar-refractivity contribution is -0.137. The summed E-state index contributed by atoms with van der Waals surface area (Å²) in [6.45, 7) is 0.869. The average Bonchev–Trinajstić information content (AvgIpc) is 2.87. The number of hydrogen-bond donors (Lipinski definition) is 1. The first-order valence-corrected chi connectivity index (χ1v) is 12.7. The molecule has 3 aromatic rings. The van der Waals surface area contributed by atoms with E-state index in [0.29, 0.717) is 27.4 Å². The van der Waals surface area contributed by atoms with Crippen molar-refractivity contribution in [3.63, 3.8) is 0 Å². The lowest BCUT2D eigenvalue weighted by atomic mass is 10.2. The highest BCUT2D eigenvalue weighted by Gasteiger charge is 2.35. The number of nitrogens with zero attached hydrogens (tertiary/aromatic N) is 2. The Labute approximate surface area is 222 Å². The second kappa shape index (κ2) is 11.7. The van der Waals surface area contributed by atoms with Gasteiger partial charge >= 0.3 is 6.18 Å². The van der Waals surface area contributed by atoms with Gasteiger partial charge in [0, 0.05) is 5.56 Å². The van der Waals surface area contributed by atoms with Crippen LogP contribution in [-0.2, 0) is 21.0 Å². The number of anilines is 1. The minimum absolute atomic E-state index is 0.218. The number of rotatable bonds is 9. The summed E-state index contributed by atoms with van der Waals surface area (Å²) >= 11 is 5.71. The largest absolute Gasteiger partial charge is 0.493 e. The maximum Gasteiger partial charge on any atom is 0.417 e. The van der Waals surface area contributed by atoms with Crippen molar-refractivity contribution in [3.05, 3.63) is 82.4 Å². The van der Waals surface area contributed by atoms with Gasteiger partial charge < -0.3 is 9.47 Å². The molecular formula is C25H23ClF3N3O5S. The third-order valence-corrected chi connectivity index (χ3v) is 7.38. The van der Waals surface area contributed by atoms with Crippen LogP contribution in [0.25, 0.3) is 0 Å². The highest BCUT2D eigenvalue weighted by atomic mass is 35.5. The van der Waals surface area contributed by atoms with Crippen molar-refractivity contribution in [2.24, 2.45) is 5.10 Å². The van der Waals surface area contributed by atoms with Crippen molar-refractivity contribution < 1.29 is 35.9 Å². The number of halogens is 4. The molecule has 3 aromatic carbocycles. The normalized spacial score (nSPS) is 11.9. The summed E-state index contributed by atoms with van der Waals surface area (Å²) in [5, 5.41) is 3.21. The molecule has 1 N–H and O–H groups in total. The fourth-order valence-electron chi connectivity index (χ4n) is 3.39. The standard InChI is InChI=1S/C25H23ClF3N3O5S/c1-16-7-10-19(11-8-16)38(34,35)32(18-9-12-21(26)20(13-18)25(27,28)29)15-23(33)31-30-14-17-5-4-6-22(36-2)24(17)37-3/h4-14H,15H2,1-3H3,(H,31,33)/b30-14-. The van der Waals surface area contributed by atoms with Crippen LogP contribution < -0.4 is 19.2 Å². The van der Waals surface area contributed by atoms with Crippen LogP contribution >= 0.6 is 11.6 Å². The Morgan fingerprint density at radius 2 is 1.76 bits per heavy atom. The number of sulfonamides is 1. The van der Waals surface area contributed by atoms with Gasteiger partial charge in [-0.25, -0.2) is 13.8 Å². The molecule has 1 amide bonds. The van der Waals surface area contributed by atoms with Crippen LogP contribution in [0.15, 0.2) is 70.7 Å². The maximum absolute atomic E-state index is 13.5. The molecule has 13 heteroatoms. The molecule has 3 rings (SSSR count). The van der Waals surface area contributed by atoms with E-state index in [1.807, 2.05) is 0 Å². The van der Waals surface area contributed by atoms with E-state index in [9.17, 15) is 26.4 Å². The maximum atomic E-state index is 13.5. The molecule has 0 spiro atoms. The number of alkyl halides is 3. The predicted molar refractivity (Wildman–Crippen MR) is 137 cm³/mol. The number of para-hydroxylation sites is 1. The quantitative estimate of drug-likeness (QED) is 0.288. The number of amides is 1. The van der Waals surface area contributed by atoms with Crippen LogP contribution in [0.3, 0.4) is 0 Å². The molecule has 0 saturated carbocycles. The summed E-state index contributed by atoms with van der Waals surface area (Å²) in [5.74, 6) is -0.152. The van der Waals surface area contributed by atoms with Crippen molar-refractivity contribution in [1.82, 2.24) is 5.43 Å². The predicted octanol–water partition coefficient (Wildman–Crippen LogP) is 5.03. The lowest BCUT2D eigenvalue weighted by Gasteiger charge is -2.25. The molecule has 0 fully saturated rings. The van der Waals surface area contributed by atoms with Gasteiger partial charge in [-0.2, -0.15) is 18.3 Å². The molecule has 8 nitrogen and oxygen atoms in total. The SMILES string of the molecule is COc1cccc(/C=N\NC(=O)CN(c2ccc(Cl)c(C(F)(F)F)c2)S(=O)(=O)c2ccc(C)cc2)c1OC. The van der Waals surface area contributed by atoms with E-state index in [0.717, 1.165) is 17.7 Å². The van der Waals surface area contributed by atoms with Crippen LogP contribution in [-0.4, -0.2) is 41.3 Å². The van der Waals surface area contributed by atoms with Gasteiger partial charge in [0.25, 0.3) is 15.9 Å². The van der Waals surface area contributed by atoms with Gasteiger partial charge in [-0.3, -0.25) is 9.10 Å². The molecular weight excluding hydrogens is 547 g/mol. The average molecular weight is 570 g/mol. The Balaban J connectivity index is 1.95. The zero-order chi connectivity index (χ0) is 28.1. The first-order chi connectivity index (χ1) is 17.9. The van der Waals surface area contributed by atoms with Gasteiger partial charge in [0.15, 0.2) is 11.5 Å². The number of carbonyl (C=O) groups excluding carboxylic acids is 1. The number of methoxy groups -OCH3 is 2. The molecule has 0 atom stereocenters. The molecule has 0 heterocycles. The van der Waals surface area contributed by atoms with Crippen LogP contribution in [0.1, 0.15) is 16.7 Å². The van der Waals surface area contributed by atoms with Gasteiger partial charge in [0.1, 0.15) is 6.54 Å². The summed E-state index contributed by atoms with van der Waals surface area (Å²) in [7, 11) is -1.60. The first kappa shape index (κ1) is 28.8. The van der Waals surface area contributed by atoms with Gasteiger partial charge in [0.05, 0.1) is 41.6 Å². The highest BCUT2D eigenvalue weighted by molar-refractivity contribution is 7.92. The minimum Gasteiger partial charge on any atom is -0.493 e. The topological polar surface area (TPSA) is 97.3 Å². The molecule has 0 aliphatic heterocycles. The zero-order valence-electron chi connectivity index (χ0n) is 20.4. The van der Waals surface area contributed by atoms with E-state index in [1.54, 1.807) is 25.1 Å². The molecule has 0 bridgehead atoms. The van der Waals surface area contributed by atoms with E-state index in [-0.39, 0.29) is 4.90 Å². The van der Waals surface area contributed by atoms with E-state index >= 15 is 0 Å². The fraction of sp³-hybridized carbons (Fsp3) is 0.200. The Kier molecular flexibility index (Phi) is 8.89. The molecule has 202 valence electrons. The number of aryl methyl sites for hydroxylation is 1. The zero-order valence-corrected chi connectivity index (χ0v) is 22.0. The van der Waals surface area contributed by atoms with E-state index in [4.69, 9.17) is 21.1 Å². The minimum atomic E-state index is -4.85. The third-order valence-electron chi connectivity index (χ3n) is 5.27. The van der Waals surface area contributed by atoms with Gasteiger partial charge in [0.2, 0.25) is 0 Å². The molecule has 38 heavy (non-hydrogen) atoms. The number of hydrazone groups is 1. The Morgan fingerprint density at radius 1 is 1.08 bits per heavy atom. The number of benzene rings is 3. The lowest BCUT2D eigenvalue weighted by Crippen LogP contribution is -2.39. The first-order valence-electron chi connectivity index (χ1n) is 10.9. The van der Waals surface area contributed by atoms with Crippen LogP contribution in [0.5, 0.6) is 11.5 Å². The number of hydrogen-bond acceptors (Lipinski definition) is 6. The van der Waals surface area contributed by atoms with Gasteiger partial charge in [-0.15, -0.1) is 0 Å². The van der Waals surface area contributed by atoms with Crippen LogP contribution in [0, 0.1) is 6.92 Å². The van der Waals surface area contributed by atoms with Crippen LogP contribution in [0.4, 0.5) is 18.9 Å². The van der Waals surface area contributed by atoms with Crippen molar-refractivity contribution in [3.8, 4) is 11.5 Å². The molecule has 0 aliphatic rings. The molecule has 0 saturated heterocycles. The summed E-state index contributed by atoms with van der Waals surface area (Å²) in [6.07, 6.45) is -3.60. The number of nitrogens with one attached hydrogen (secondary N) is 1. The molecule has 0 unspecified atom stereocenters. The smallest absolute Gasteiger partial charge is 0.417 e. The van der Waals surface area contributed by atoms with Crippen molar-refractivity contribution in [2.45, 2.75) is 18.0 Å². The van der Waals surface area contributed by atoms with Crippen LogP contribution in [0.2, 0.25) is 5.02 Å². The molecule has 0 aliphatic carbocycles. The number of ether oxygens (including phenoxy) is 2. The van der Waals surface area contributed by atoms with E-state index < -0.39 is 44.9 Å². The molecule has 0 radical (unpaired) electrons. The highest BCUT2D eigenvalue weighted by Crippen LogP contribution is 2.38. The van der Waals surface area contributed by atoms with E-state index in [1.165, 1.54) is 44.7 Å². The van der Waals surface area contributed by atoms with Gasteiger partial charge in [-0.05, 0) is 49.4 Å². The summed E-state index contributed by atoms with van der Waals surface area (Å²) in [6, 6.07) is 13.2.